The molecule has 4 aromatic rings. The maximum Gasteiger partial charge on any atom is 0.274 e. The third-order valence-electron chi connectivity index (χ3n) is 6.58. The van der Waals surface area contributed by atoms with E-state index in [0.29, 0.717) is 35.4 Å². The first-order chi connectivity index (χ1) is 17.2. The highest BCUT2D eigenvalue weighted by Gasteiger charge is 2.31. The minimum absolute atomic E-state index is 0.115. The Kier molecular flexibility index (Phi) is 5.98. The first kappa shape index (κ1) is 23.9. The lowest BCUT2D eigenvalue weighted by Gasteiger charge is -2.16. The van der Waals surface area contributed by atoms with Crippen LogP contribution in [0.1, 0.15) is 22.6 Å². The number of aromatic nitrogens is 4. The third kappa shape index (κ3) is 3.81. The molecule has 5 rings (SSSR count). The summed E-state index contributed by atoms with van der Waals surface area (Å²) in [6, 6.07) is 7.25. The van der Waals surface area contributed by atoms with E-state index in [-0.39, 0.29) is 39.8 Å². The number of carbonyl (C=O) groups excluding carboxylic acids is 1. The molecule has 11 heteroatoms. The van der Waals surface area contributed by atoms with Crippen LogP contribution in [0.4, 0.5) is 14.5 Å². The van der Waals surface area contributed by atoms with Crippen LogP contribution in [0.25, 0.3) is 32.8 Å². The van der Waals surface area contributed by atoms with Crippen molar-refractivity contribution in [1.29, 1.82) is 0 Å². The Morgan fingerprint density at radius 2 is 2.03 bits per heavy atom. The Balaban J connectivity index is 1.72. The van der Waals surface area contributed by atoms with E-state index >= 15 is 4.39 Å². The molecule has 184 valence electrons. The van der Waals surface area contributed by atoms with Gasteiger partial charge >= 0.3 is 0 Å². The lowest BCUT2D eigenvalue weighted by molar-refractivity contribution is 0.0783. The Bertz CT molecular complexity index is 1570. The molecule has 0 unspecified atom stereocenters. The molecule has 1 N–H and O–H groups in total. The summed E-state index contributed by atoms with van der Waals surface area (Å²) in [6.07, 6.45) is 0.819. The van der Waals surface area contributed by atoms with Crippen molar-refractivity contribution in [3.8, 4) is 17.1 Å². The summed E-state index contributed by atoms with van der Waals surface area (Å²) >= 11 is 6.36. The van der Waals surface area contributed by atoms with Crippen molar-refractivity contribution in [1.82, 2.24) is 29.5 Å². The normalized spacial score (nSPS) is 15.6. The number of nitrogens with one attached hydrogen (secondary N) is 1. The van der Waals surface area contributed by atoms with Gasteiger partial charge in [0.1, 0.15) is 28.0 Å². The largest absolute Gasteiger partial charge is 0.336 e. The smallest absolute Gasteiger partial charge is 0.274 e. The van der Waals surface area contributed by atoms with E-state index in [0.717, 1.165) is 6.42 Å². The van der Waals surface area contributed by atoms with E-state index in [4.69, 9.17) is 18.2 Å². The SMILES string of the molecule is [C-]#[N+]c1ccc(-c2nc(C(=O)N3CC[C@H](NC)C3)c(C)n2-c2cc(F)c3nn(C)c(Cl)c3c2)cc1F. The van der Waals surface area contributed by atoms with Gasteiger partial charge in [-0.3, -0.25) is 14.0 Å². The predicted molar refractivity (Wildman–Crippen MR) is 133 cm³/mol. The summed E-state index contributed by atoms with van der Waals surface area (Å²) in [5, 5.41) is 7.95. The van der Waals surface area contributed by atoms with Crippen molar-refractivity contribution in [3.05, 3.63) is 69.9 Å². The summed E-state index contributed by atoms with van der Waals surface area (Å²) < 4.78 is 32.7. The van der Waals surface area contributed by atoms with Crippen molar-refractivity contribution >= 4 is 34.1 Å². The number of carbonyl (C=O) groups is 1. The maximum atomic E-state index is 15.1. The van der Waals surface area contributed by atoms with Gasteiger partial charge in [0.15, 0.2) is 5.82 Å². The number of amides is 1. The Morgan fingerprint density at radius 3 is 2.69 bits per heavy atom. The van der Waals surface area contributed by atoms with E-state index in [2.05, 4.69) is 20.2 Å². The maximum absolute atomic E-state index is 15.1. The lowest BCUT2D eigenvalue weighted by Crippen LogP contribution is -2.34. The number of halogens is 3. The third-order valence-corrected chi connectivity index (χ3v) is 7.03. The van der Waals surface area contributed by atoms with Gasteiger partial charge in [0.25, 0.3) is 5.91 Å². The molecule has 0 spiro atoms. The van der Waals surface area contributed by atoms with Gasteiger partial charge in [-0.1, -0.05) is 23.7 Å². The molecule has 2 aromatic heterocycles. The number of imidazole rings is 1. The fraction of sp³-hybridized carbons (Fsp3) is 0.280. The molecule has 2 aromatic carbocycles. The van der Waals surface area contributed by atoms with Gasteiger partial charge in [-0.15, -0.1) is 0 Å². The zero-order chi connectivity index (χ0) is 25.7. The van der Waals surface area contributed by atoms with Crippen molar-refractivity contribution in [3.63, 3.8) is 0 Å². The second kappa shape index (κ2) is 9.00. The van der Waals surface area contributed by atoms with Crippen LogP contribution >= 0.6 is 11.6 Å². The molecule has 0 aliphatic carbocycles. The lowest BCUT2D eigenvalue weighted by atomic mass is 10.1. The van der Waals surface area contributed by atoms with Crippen LogP contribution in [-0.4, -0.2) is 56.3 Å². The fourth-order valence-electron chi connectivity index (χ4n) is 4.62. The number of fused-ring (bicyclic) bond motifs is 1. The molecule has 0 radical (unpaired) electrons. The van der Waals surface area contributed by atoms with Crippen molar-refractivity contribution in [2.24, 2.45) is 7.05 Å². The molecule has 3 heterocycles. The number of nitrogens with zero attached hydrogens (tertiary/aromatic N) is 6. The van der Waals surface area contributed by atoms with Gasteiger partial charge < -0.3 is 10.2 Å². The molecular weight excluding hydrogens is 488 g/mol. The standard InChI is InChI=1S/C25H22ClF2N7O/c1-13-21(25(36)34-8-7-15(12-34)29-2)31-24(14-5-6-20(30-3)18(27)9-14)35(13)16-10-17-22(19(28)11-16)32-33(4)23(17)26/h5-6,9-11,15,29H,7-8,12H2,1-2,4H3/t15-/m0/s1. The molecular formula is C25H22ClF2N7O. The quantitative estimate of drug-likeness (QED) is 0.406. The summed E-state index contributed by atoms with van der Waals surface area (Å²) in [7, 11) is 3.47. The zero-order valence-corrected chi connectivity index (χ0v) is 20.6. The predicted octanol–water partition coefficient (Wildman–Crippen LogP) is 4.65. The fourth-order valence-corrected chi connectivity index (χ4v) is 4.80. The average molecular weight is 510 g/mol. The van der Waals surface area contributed by atoms with Gasteiger partial charge in [0.05, 0.1) is 18.0 Å². The second-order valence-corrected chi connectivity index (χ2v) is 9.10. The van der Waals surface area contributed by atoms with Crippen molar-refractivity contribution in [2.45, 2.75) is 19.4 Å². The molecule has 1 aliphatic rings. The average Bonchev–Trinajstić information content (AvgIpc) is 3.56. The van der Waals surface area contributed by atoms with E-state index in [1.165, 1.54) is 22.9 Å². The first-order valence-electron chi connectivity index (χ1n) is 11.3. The topological polar surface area (TPSA) is 72.3 Å². The van der Waals surface area contributed by atoms with Crippen LogP contribution in [0.15, 0.2) is 30.3 Å². The Labute approximate surface area is 210 Å². The zero-order valence-electron chi connectivity index (χ0n) is 19.8. The molecule has 1 atom stereocenters. The van der Waals surface area contributed by atoms with Gasteiger partial charge in [-0.25, -0.2) is 18.6 Å². The van der Waals surface area contributed by atoms with E-state index in [9.17, 15) is 9.18 Å². The first-order valence-corrected chi connectivity index (χ1v) is 11.7. The number of benzene rings is 2. The molecule has 0 saturated carbocycles. The van der Waals surface area contributed by atoms with Crippen LogP contribution in [0, 0.1) is 25.1 Å². The second-order valence-electron chi connectivity index (χ2n) is 8.75. The number of hydrogen-bond acceptors (Lipinski definition) is 4. The van der Waals surface area contributed by atoms with Crippen LogP contribution in [-0.2, 0) is 7.05 Å². The summed E-state index contributed by atoms with van der Waals surface area (Å²) in [5.41, 5.74) is 1.34. The molecule has 1 fully saturated rings. The van der Waals surface area contributed by atoms with Crippen molar-refractivity contribution < 1.29 is 13.6 Å². The highest BCUT2D eigenvalue weighted by molar-refractivity contribution is 6.34. The van der Waals surface area contributed by atoms with E-state index < -0.39 is 11.6 Å². The molecule has 1 saturated heterocycles. The van der Waals surface area contributed by atoms with E-state index in [1.54, 1.807) is 35.6 Å². The minimum Gasteiger partial charge on any atom is -0.336 e. The molecule has 0 bridgehead atoms. The van der Waals surface area contributed by atoms with Crippen LogP contribution < -0.4 is 5.32 Å². The number of aryl methyl sites for hydroxylation is 1. The van der Waals surface area contributed by atoms with Crippen LogP contribution in [0.5, 0.6) is 0 Å². The number of likely N-dealkylation sites (tertiary alicyclic amines) is 1. The highest BCUT2D eigenvalue weighted by atomic mass is 35.5. The van der Waals surface area contributed by atoms with Gasteiger partial charge in [0, 0.05) is 43.2 Å². The Hall–Kier alpha value is -3.81. The summed E-state index contributed by atoms with van der Waals surface area (Å²) in [4.78, 5) is 23.0. The minimum atomic E-state index is -0.712. The van der Waals surface area contributed by atoms with Gasteiger partial charge in [0.2, 0.25) is 5.69 Å². The summed E-state index contributed by atoms with van der Waals surface area (Å²) in [5.74, 6) is -1.32. The molecule has 1 amide bonds. The molecule has 36 heavy (non-hydrogen) atoms. The van der Waals surface area contributed by atoms with Crippen LogP contribution in [0.2, 0.25) is 5.15 Å². The van der Waals surface area contributed by atoms with Gasteiger partial charge in [-0.2, -0.15) is 5.10 Å². The molecule has 1 aliphatic heterocycles. The number of hydrogen-bond donors (Lipinski definition) is 1. The van der Waals surface area contributed by atoms with Gasteiger partial charge in [-0.05, 0) is 32.5 Å². The highest BCUT2D eigenvalue weighted by Crippen LogP contribution is 2.34. The number of rotatable bonds is 4. The van der Waals surface area contributed by atoms with E-state index in [1.807, 2.05) is 7.05 Å². The molecule has 8 nitrogen and oxygen atoms in total. The number of likely N-dealkylation sites (N-methyl/N-ethyl adjacent to an activating group) is 1. The summed E-state index contributed by atoms with van der Waals surface area (Å²) in [6.45, 7) is 9.96. The van der Waals surface area contributed by atoms with Crippen molar-refractivity contribution in [2.75, 3.05) is 20.1 Å². The Morgan fingerprint density at radius 1 is 1.25 bits per heavy atom. The monoisotopic (exact) mass is 509 g/mol. The van der Waals surface area contributed by atoms with Crippen LogP contribution in [0.3, 0.4) is 0 Å².